The largest absolute Gasteiger partial charge is 0.420 e. The van der Waals surface area contributed by atoms with E-state index in [0.29, 0.717) is 6.10 Å². The second kappa shape index (κ2) is 6.77. The van der Waals surface area contributed by atoms with E-state index >= 15 is 0 Å². The van der Waals surface area contributed by atoms with Crippen molar-refractivity contribution >= 4 is 22.5 Å². The molecule has 4 heteroatoms. The molecule has 2 heterocycles. The molecule has 0 spiro atoms. The van der Waals surface area contributed by atoms with Crippen molar-refractivity contribution in [2.45, 2.75) is 63.4 Å². The van der Waals surface area contributed by atoms with Crippen molar-refractivity contribution in [1.29, 1.82) is 0 Å². The van der Waals surface area contributed by atoms with E-state index in [4.69, 9.17) is 8.85 Å². The Morgan fingerprint density at radius 2 is 2.10 bits per heavy atom. The second-order valence-corrected chi connectivity index (χ2v) is 13.2. The van der Waals surface area contributed by atoms with Crippen LogP contribution in [0, 0.1) is 0 Å². The lowest BCUT2D eigenvalue weighted by Gasteiger charge is -2.37. The van der Waals surface area contributed by atoms with Crippen LogP contribution < -0.4 is 5.19 Å². The van der Waals surface area contributed by atoms with Crippen molar-refractivity contribution in [1.82, 2.24) is 0 Å². The number of hydrogen-bond donors (Lipinski definition) is 0. The molecule has 0 amide bonds. The lowest BCUT2D eigenvalue weighted by atomic mass is 10.2. The van der Waals surface area contributed by atoms with Crippen molar-refractivity contribution in [2.75, 3.05) is 6.61 Å². The minimum atomic E-state index is -1.74. The third-order valence-electron chi connectivity index (χ3n) is 5.03. The second-order valence-electron chi connectivity index (χ2n) is 6.90. The maximum absolute atomic E-state index is 6.50. The molecule has 0 N–H and O–H groups in total. The lowest BCUT2D eigenvalue weighted by molar-refractivity contribution is 0.183. The summed E-state index contributed by atoms with van der Waals surface area (Å²) in [5.74, 6) is 0. The first-order valence-corrected chi connectivity index (χ1v) is 13.3. The summed E-state index contributed by atoms with van der Waals surface area (Å²) >= 11 is 0. The quantitative estimate of drug-likeness (QED) is 0.796. The van der Waals surface area contributed by atoms with Gasteiger partial charge in [0.2, 0.25) is 8.32 Å². The van der Waals surface area contributed by atoms with Crippen LogP contribution in [-0.4, -0.2) is 30.1 Å². The third kappa shape index (κ3) is 3.67. The Balaban J connectivity index is 1.81. The molecule has 0 aromatic heterocycles. The maximum Gasteiger partial charge on any atom is 0.221 e. The van der Waals surface area contributed by atoms with Crippen LogP contribution in [0.3, 0.4) is 0 Å². The normalized spacial score (nSPS) is 33.8. The molecule has 0 radical (unpaired) electrons. The molecule has 2 saturated heterocycles. The highest BCUT2D eigenvalue weighted by Crippen LogP contribution is 2.27. The standard InChI is InChI=1S/C17H28O2Si2/c1-15-8-7-13-21(2,19-15)17-10-4-3-9-16(17)14-20-12-6-5-11-18-20/h3-4,9-10,15,20H,5-8,11-14H2,1-2H3. The summed E-state index contributed by atoms with van der Waals surface area (Å²) in [6.07, 6.45) is 5.63. The third-order valence-corrected chi connectivity index (χ3v) is 11.5. The predicted octanol–water partition coefficient (Wildman–Crippen LogP) is 3.28. The van der Waals surface area contributed by atoms with Gasteiger partial charge in [-0.05, 0) is 55.2 Å². The molecular formula is C17H28O2Si2. The zero-order valence-corrected chi connectivity index (χ0v) is 15.6. The summed E-state index contributed by atoms with van der Waals surface area (Å²) in [5.41, 5.74) is 1.54. The van der Waals surface area contributed by atoms with Gasteiger partial charge in [-0.25, -0.2) is 0 Å². The van der Waals surface area contributed by atoms with E-state index in [1.54, 1.807) is 10.8 Å². The van der Waals surface area contributed by atoms with Crippen molar-refractivity contribution in [3.63, 3.8) is 0 Å². The highest BCUT2D eigenvalue weighted by molar-refractivity contribution is 6.86. The van der Waals surface area contributed by atoms with Gasteiger partial charge in [0.1, 0.15) is 0 Å². The molecule has 0 aliphatic carbocycles. The fourth-order valence-electron chi connectivity index (χ4n) is 3.91. The molecule has 0 saturated carbocycles. The van der Waals surface area contributed by atoms with Gasteiger partial charge >= 0.3 is 0 Å². The van der Waals surface area contributed by atoms with Crippen LogP contribution in [-0.2, 0) is 14.9 Å². The van der Waals surface area contributed by atoms with E-state index in [9.17, 15) is 0 Å². The van der Waals surface area contributed by atoms with Crippen LogP contribution in [0.1, 0.15) is 38.2 Å². The first-order valence-electron chi connectivity index (χ1n) is 8.55. The van der Waals surface area contributed by atoms with Crippen molar-refractivity contribution in [2.24, 2.45) is 0 Å². The number of benzene rings is 1. The van der Waals surface area contributed by atoms with E-state index in [1.807, 2.05) is 0 Å². The van der Waals surface area contributed by atoms with Crippen LogP contribution >= 0.6 is 0 Å². The number of rotatable bonds is 3. The van der Waals surface area contributed by atoms with Gasteiger partial charge in [-0.2, -0.15) is 0 Å². The average Bonchev–Trinajstić information content (AvgIpc) is 2.48. The Hall–Kier alpha value is -0.426. The molecule has 1 aromatic rings. The molecule has 21 heavy (non-hydrogen) atoms. The summed E-state index contributed by atoms with van der Waals surface area (Å²) in [4.78, 5) is 0. The SMILES string of the molecule is CC1CCC[Si](C)(c2ccccc2C[SiH]2CCCCO2)O1. The van der Waals surface area contributed by atoms with Gasteiger partial charge in [0, 0.05) is 12.7 Å². The van der Waals surface area contributed by atoms with E-state index in [2.05, 4.69) is 37.7 Å². The molecule has 3 unspecified atom stereocenters. The molecule has 116 valence electrons. The lowest BCUT2D eigenvalue weighted by Crippen LogP contribution is -2.53. The Bertz CT molecular complexity index is 474. The summed E-state index contributed by atoms with van der Waals surface area (Å²) in [6.45, 7) is 5.66. The highest BCUT2D eigenvalue weighted by atomic mass is 28.4. The number of hydrogen-bond acceptors (Lipinski definition) is 2. The first-order chi connectivity index (χ1) is 10.2. The molecule has 2 nitrogen and oxygen atoms in total. The molecule has 0 bridgehead atoms. The van der Waals surface area contributed by atoms with Gasteiger partial charge in [0.05, 0.1) is 0 Å². The molecule has 3 rings (SSSR count). The monoisotopic (exact) mass is 320 g/mol. The van der Waals surface area contributed by atoms with Crippen LogP contribution in [0.5, 0.6) is 0 Å². The van der Waals surface area contributed by atoms with Crippen molar-refractivity contribution in [3.8, 4) is 0 Å². The van der Waals surface area contributed by atoms with Gasteiger partial charge in [-0.1, -0.05) is 37.1 Å². The Labute approximate surface area is 131 Å². The molecular weight excluding hydrogens is 292 g/mol. The van der Waals surface area contributed by atoms with Crippen molar-refractivity contribution in [3.05, 3.63) is 29.8 Å². The Morgan fingerprint density at radius 3 is 2.86 bits per heavy atom. The summed E-state index contributed by atoms with van der Waals surface area (Å²) in [6, 6.07) is 12.9. The Morgan fingerprint density at radius 1 is 1.24 bits per heavy atom. The summed E-state index contributed by atoms with van der Waals surface area (Å²) in [5, 5.41) is 1.55. The smallest absolute Gasteiger partial charge is 0.221 e. The Kier molecular flexibility index (Phi) is 4.99. The summed E-state index contributed by atoms with van der Waals surface area (Å²) < 4.78 is 12.6. The molecule has 2 fully saturated rings. The molecule has 2 aliphatic heterocycles. The first kappa shape index (κ1) is 15.5. The zero-order valence-electron chi connectivity index (χ0n) is 13.4. The fraction of sp³-hybridized carbons (Fsp3) is 0.647. The minimum absolute atomic E-state index is 0.437. The fourth-order valence-corrected chi connectivity index (χ4v) is 10.4. The van der Waals surface area contributed by atoms with Gasteiger partial charge in [-0.3, -0.25) is 0 Å². The van der Waals surface area contributed by atoms with Crippen LogP contribution in [0.4, 0.5) is 0 Å². The van der Waals surface area contributed by atoms with Crippen LogP contribution in [0.15, 0.2) is 24.3 Å². The van der Waals surface area contributed by atoms with Gasteiger partial charge < -0.3 is 8.85 Å². The topological polar surface area (TPSA) is 18.5 Å². The maximum atomic E-state index is 6.50. The minimum Gasteiger partial charge on any atom is -0.420 e. The summed E-state index contributed by atoms with van der Waals surface area (Å²) in [7, 11) is -2.75. The molecule has 1 aromatic carbocycles. The average molecular weight is 321 g/mol. The molecule has 2 aliphatic rings. The van der Waals surface area contributed by atoms with Gasteiger partial charge in [0.15, 0.2) is 9.04 Å². The van der Waals surface area contributed by atoms with E-state index in [1.165, 1.54) is 43.8 Å². The zero-order chi connectivity index (χ0) is 14.7. The molecule has 3 atom stereocenters. The van der Waals surface area contributed by atoms with Gasteiger partial charge in [-0.15, -0.1) is 0 Å². The van der Waals surface area contributed by atoms with E-state index in [0.717, 1.165) is 6.61 Å². The van der Waals surface area contributed by atoms with E-state index < -0.39 is 17.4 Å². The van der Waals surface area contributed by atoms with Crippen LogP contribution in [0.2, 0.25) is 18.6 Å². The van der Waals surface area contributed by atoms with Crippen molar-refractivity contribution < 1.29 is 8.85 Å². The highest BCUT2D eigenvalue weighted by Gasteiger charge is 2.38. The predicted molar refractivity (Wildman–Crippen MR) is 93.1 cm³/mol. The van der Waals surface area contributed by atoms with Gasteiger partial charge in [0.25, 0.3) is 0 Å². The van der Waals surface area contributed by atoms with Crippen LogP contribution in [0.25, 0.3) is 0 Å². The van der Waals surface area contributed by atoms with E-state index in [-0.39, 0.29) is 0 Å².